The molecule has 1 heterocycles. The summed E-state index contributed by atoms with van der Waals surface area (Å²) in [7, 11) is 0. The number of nitrogens with two attached hydrogens (primary N) is 1. The van der Waals surface area contributed by atoms with Crippen molar-refractivity contribution in [1.82, 2.24) is 5.32 Å². The van der Waals surface area contributed by atoms with E-state index in [9.17, 15) is 4.79 Å². The quantitative estimate of drug-likeness (QED) is 0.835. The Balaban J connectivity index is 2.10. The number of hydrogen-bond donors (Lipinski definition) is 2. The van der Waals surface area contributed by atoms with Crippen LogP contribution in [0, 0.1) is 5.92 Å². The summed E-state index contributed by atoms with van der Waals surface area (Å²) in [5.41, 5.74) is 6.46. The fraction of sp³-hybridized carbons (Fsp3) is 0.583. The Bertz CT molecular complexity index is 331. The second-order valence-corrected chi connectivity index (χ2v) is 5.22. The number of amides is 2. The van der Waals surface area contributed by atoms with Gasteiger partial charge in [-0.1, -0.05) is 19.3 Å². The summed E-state index contributed by atoms with van der Waals surface area (Å²) in [6.45, 7) is 0. The smallest absolute Gasteiger partial charge is 0.312 e. The molecule has 1 fully saturated rings. The lowest BCUT2D eigenvalue weighted by Crippen LogP contribution is -2.37. The molecular formula is C12H18N2OS. The Morgan fingerprint density at radius 3 is 2.75 bits per heavy atom. The maximum absolute atomic E-state index is 11.1. The highest BCUT2D eigenvalue weighted by atomic mass is 32.1. The summed E-state index contributed by atoms with van der Waals surface area (Å²) in [6, 6.07) is 1.78. The Kier molecular flexibility index (Phi) is 3.83. The van der Waals surface area contributed by atoms with Gasteiger partial charge in [-0.3, -0.25) is 0 Å². The molecule has 1 aromatic heterocycles. The first-order chi connectivity index (χ1) is 7.77. The first-order valence-electron chi connectivity index (χ1n) is 5.85. The zero-order valence-corrected chi connectivity index (χ0v) is 10.1. The van der Waals surface area contributed by atoms with Gasteiger partial charge < -0.3 is 11.1 Å². The van der Waals surface area contributed by atoms with E-state index < -0.39 is 6.03 Å². The Morgan fingerprint density at radius 2 is 2.19 bits per heavy atom. The molecule has 3 N–H and O–H groups in total. The van der Waals surface area contributed by atoms with Gasteiger partial charge in [-0.2, -0.15) is 11.3 Å². The van der Waals surface area contributed by atoms with Crippen molar-refractivity contribution in [2.45, 2.75) is 38.1 Å². The van der Waals surface area contributed by atoms with E-state index in [1.54, 1.807) is 11.3 Å². The van der Waals surface area contributed by atoms with E-state index in [-0.39, 0.29) is 6.04 Å². The summed E-state index contributed by atoms with van der Waals surface area (Å²) < 4.78 is 0. The van der Waals surface area contributed by atoms with E-state index in [4.69, 9.17) is 5.73 Å². The Morgan fingerprint density at radius 1 is 1.44 bits per heavy atom. The summed E-state index contributed by atoms with van der Waals surface area (Å²) in [5.74, 6) is 0.552. The summed E-state index contributed by atoms with van der Waals surface area (Å²) in [4.78, 5) is 11.1. The van der Waals surface area contributed by atoms with Crippen molar-refractivity contribution in [3.8, 4) is 0 Å². The predicted octanol–water partition coefficient (Wildman–Crippen LogP) is 3.04. The monoisotopic (exact) mass is 238 g/mol. The predicted molar refractivity (Wildman–Crippen MR) is 66.4 cm³/mol. The highest BCUT2D eigenvalue weighted by Crippen LogP contribution is 2.35. The summed E-state index contributed by atoms with van der Waals surface area (Å²) >= 11 is 1.67. The molecule has 2 amide bonds. The molecule has 0 spiro atoms. The third-order valence-electron chi connectivity index (χ3n) is 3.32. The molecule has 1 aliphatic carbocycles. The van der Waals surface area contributed by atoms with Crippen LogP contribution in [-0.4, -0.2) is 6.03 Å². The van der Waals surface area contributed by atoms with Crippen molar-refractivity contribution in [1.29, 1.82) is 0 Å². The highest BCUT2D eigenvalue weighted by molar-refractivity contribution is 7.07. The van der Waals surface area contributed by atoms with E-state index in [0.717, 1.165) is 0 Å². The number of carbonyl (C=O) groups excluding carboxylic acids is 1. The zero-order valence-electron chi connectivity index (χ0n) is 9.32. The lowest BCUT2D eigenvalue weighted by molar-refractivity contribution is 0.229. The van der Waals surface area contributed by atoms with Gasteiger partial charge in [-0.05, 0) is 41.1 Å². The van der Waals surface area contributed by atoms with Crippen LogP contribution in [0.1, 0.15) is 43.7 Å². The first-order valence-corrected chi connectivity index (χ1v) is 6.79. The topological polar surface area (TPSA) is 55.1 Å². The minimum atomic E-state index is -0.415. The second-order valence-electron chi connectivity index (χ2n) is 4.44. The third kappa shape index (κ3) is 2.76. The Labute approximate surface area is 100 Å². The Hall–Kier alpha value is -1.03. The van der Waals surface area contributed by atoms with E-state index in [1.807, 2.05) is 5.38 Å². The number of thiophene rings is 1. The van der Waals surface area contributed by atoms with Crippen molar-refractivity contribution in [2.75, 3.05) is 0 Å². The van der Waals surface area contributed by atoms with Gasteiger partial charge in [0.2, 0.25) is 0 Å². The summed E-state index contributed by atoms with van der Waals surface area (Å²) in [6.07, 6.45) is 6.25. The number of primary amides is 1. The van der Waals surface area contributed by atoms with E-state index >= 15 is 0 Å². The second kappa shape index (κ2) is 5.34. The molecule has 3 nitrogen and oxygen atoms in total. The summed E-state index contributed by atoms with van der Waals surface area (Å²) in [5, 5.41) is 7.05. The van der Waals surface area contributed by atoms with Gasteiger partial charge in [0, 0.05) is 0 Å². The van der Waals surface area contributed by atoms with Crippen LogP contribution in [0.5, 0.6) is 0 Å². The molecule has 0 aromatic carbocycles. The normalized spacial score (nSPS) is 19.2. The average molecular weight is 238 g/mol. The fourth-order valence-electron chi connectivity index (χ4n) is 2.55. The molecule has 1 aromatic rings. The molecule has 1 atom stereocenters. The van der Waals surface area contributed by atoms with Gasteiger partial charge in [0.25, 0.3) is 0 Å². The number of rotatable bonds is 3. The van der Waals surface area contributed by atoms with Gasteiger partial charge in [0.05, 0.1) is 6.04 Å². The van der Waals surface area contributed by atoms with Crippen LogP contribution in [0.3, 0.4) is 0 Å². The van der Waals surface area contributed by atoms with Crippen LogP contribution in [0.2, 0.25) is 0 Å². The molecule has 0 aliphatic heterocycles. The number of carbonyl (C=O) groups is 1. The molecule has 16 heavy (non-hydrogen) atoms. The van der Waals surface area contributed by atoms with Crippen LogP contribution in [0.25, 0.3) is 0 Å². The van der Waals surface area contributed by atoms with Crippen LogP contribution in [-0.2, 0) is 0 Å². The van der Waals surface area contributed by atoms with E-state index in [2.05, 4.69) is 16.8 Å². The highest BCUT2D eigenvalue weighted by Gasteiger charge is 2.26. The molecule has 2 rings (SSSR count). The van der Waals surface area contributed by atoms with Crippen LogP contribution < -0.4 is 11.1 Å². The molecule has 1 saturated carbocycles. The third-order valence-corrected chi connectivity index (χ3v) is 4.02. The zero-order chi connectivity index (χ0) is 11.4. The molecule has 1 aliphatic rings. The molecule has 1 unspecified atom stereocenters. The number of hydrogen-bond acceptors (Lipinski definition) is 2. The van der Waals surface area contributed by atoms with Gasteiger partial charge in [0.1, 0.15) is 0 Å². The molecule has 0 saturated heterocycles. The van der Waals surface area contributed by atoms with Gasteiger partial charge in [0.15, 0.2) is 0 Å². The van der Waals surface area contributed by atoms with Crippen molar-refractivity contribution < 1.29 is 4.79 Å². The van der Waals surface area contributed by atoms with Crippen molar-refractivity contribution in [2.24, 2.45) is 11.7 Å². The van der Waals surface area contributed by atoms with E-state index in [0.29, 0.717) is 5.92 Å². The lowest BCUT2D eigenvalue weighted by atomic mass is 9.82. The standard InChI is InChI=1S/C12H18N2OS/c13-12(15)14-11(10-6-7-16-8-10)9-4-2-1-3-5-9/h6-9,11H,1-5H2,(H3,13,14,15). The van der Waals surface area contributed by atoms with Crippen molar-refractivity contribution in [3.63, 3.8) is 0 Å². The molecule has 88 valence electrons. The van der Waals surface area contributed by atoms with Crippen LogP contribution >= 0.6 is 11.3 Å². The van der Waals surface area contributed by atoms with Crippen LogP contribution in [0.4, 0.5) is 4.79 Å². The van der Waals surface area contributed by atoms with Crippen LogP contribution in [0.15, 0.2) is 16.8 Å². The maximum atomic E-state index is 11.1. The minimum Gasteiger partial charge on any atom is -0.352 e. The minimum absolute atomic E-state index is 0.115. The fourth-order valence-corrected chi connectivity index (χ4v) is 3.24. The van der Waals surface area contributed by atoms with Gasteiger partial charge >= 0.3 is 6.03 Å². The average Bonchev–Trinajstić information content (AvgIpc) is 2.80. The molecule has 0 radical (unpaired) electrons. The number of nitrogens with one attached hydrogen (secondary N) is 1. The van der Waals surface area contributed by atoms with Gasteiger partial charge in [-0.15, -0.1) is 0 Å². The lowest BCUT2D eigenvalue weighted by Gasteiger charge is -2.30. The number of urea groups is 1. The molecule has 4 heteroatoms. The van der Waals surface area contributed by atoms with E-state index in [1.165, 1.54) is 37.7 Å². The first kappa shape index (κ1) is 11.5. The van der Waals surface area contributed by atoms with Crippen molar-refractivity contribution in [3.05, 3.63) is 22.4 Å². The maximum Gasteiger partial charge on any atom is 0.312 e. The van der Waals surface area contributed by atoms with Crippen molar-refractivity contribution >= 4 is 17.4 Å². The van der Waals surface area contributed by atoms with Gasteiger partial charge in [-0.25, -0.2) is 4.79 Å². The molecular weight excluding hydrogens is 220 g/mol. The largest absolute Gasteiger partial charge is 0.352 e. The molecule has 0 bridgehead atoms. The SMILES string of the molecule is NC(=O)NC(c1ccsc1)C1CCCCC1.